The second kappa shape index (κ2) is 14.9. The minimum atomic E-state index is -1.51. The van der Waals surface area contributed by atoms with Crippen LogP contribution in [0, 0.1) is 68.1 Å². The van der Waals surface area contributed by atoms with Crippen molar-refractivity contribution in [2.45, 2.75) is 119 Å². The fraction of sp³-hybridized carbons (Fsp3) is 0.700. The number of thioether (sulfide) groups is 1. The molecule has 5 aliphatic carbocycles. The zero-order valence-corrected chi connectivity index (χ0v) is 34.9. The van der Waals surface area contributed by atoms with Gasteiger partial charge >= 0.3 is 37.9 Å². The molecule has 0 N–H and O–H groups in total. The predicted octanol–water partition coefficient (Wildman–Crippen LogP) is 13.3. The van der Waals surface area contributed by atoms with Gasteiger partial charge in [0.25, 0.3) is 0 Å². The number of halogens is 2. The van der Waals surface area contributed by atoms with E-state index in [0.29, 0.717) is 0 Å². The van der Waals surface area contributed by atoms with Gasteiger partial charge in [0.15, 0.2) is 0 Å². The minimum absolute atomic E-state index is 0. The third-order valence-corrected chi connectivity index (χ3v) is 22.1. The molecule has 1 heterocycles. The fourth-order valence-electron chi connectivity index (χ4n) is 13.5. The van der Waals surface area contributed by atoms with E-state index in [1.807, 2.05) is 0 Å². The molecular formula is C40H60Cl2SSiZr. The molecule has 14 unspecified atom stereocenters. The van der Waals surface area contributed by atoms with Crippen molar-refractivity contribution >= 4 is 47.6 Å². The zero-order valence-electron chi connectivity index (χ0n) is 29.2. The summed E-state index contributed by atoms with van der Waals surface area (Å²) in [6.45, 7) is 14.0. The van der Waals surface area contributed by atoms with E-state index < -0.39 is 28.9 Å². The Hall–Kier alpha value is 0.730. The summed E-state index contributed by atoms with van der Waals surface area (Å²) in [5.74, 6) is 9.51. The predicted molar refractivity (Wildman–Crippen MR) is 201 cm³/mol. The van der Waals surface area contributed by atoms with E-state index in [2.05, 4.69) is 88.1 Å². The first kappa shape index (κ1) is 37.0. The van der Waals surface area contributed by atoms with Gasteiger partial charge in [-0.05, 0) is 119 Å². The standard InChI is InChI=1S/C38H54SSi.2CH3.2ClH.Zr/c1-22-20-31-32(21-26-14-11-17-28(26)35(31)29-18-10-13-25-12-6-7-15-27(25)29)37(22)40(4,5)38-24(3)23(2)34-30-16-8-9-19-33(30)39-36(34)38;;;;;/h6-7,10,12-13,15,18,22-24,26,28,30-38H,8-9,11,14,16-17,19-21H2,1-5H3;2*1H3;2*1H;/q;2*-1;;;+4/p-2. The van der Waals surface area contributed by atoms with E-state index in [4.69, 9.17) is 17.0 Å². The number of hydrogen-bond acceptors (Lipinski definition) is 1. The molecule has 0 radical (unpaired) electrons. The van der Waals surface area contributed by atoms with Crippen molar-refractivity contribution in [1.82, 2.24) is 0 Å². The first-order valence-electron chi connectivity index (χ1n) is 17.9. The van der Waals surface area contributed by atoms with Crippen LogP contribution in [0.2, 0.25) is 24.2 Å². The topological polar surface area (TPSA) is 0 Å². The molecule has 6 aliphatic rings. The molecule has 1 aliphatic heterocycles. The normalized spacial score (nSPS) is 43.0. The van der Waals surface area contributed by atoms with Gasteiger partial charge in [0.05, 0.1) is 8.07 Å². The first-order chi connectivity index (χ1) is 20.8. The maximum atomic E-state index is 4.93. The third kappa shape index (κ3) is 6.20. The molecule has 0 aromatic heterocycles. The van der Waals surface area contributed by atoms with Crippen molar-refractivity contribution in [2.24, 2.45) is 53.3 Å². The van der Waals surface area contributed by atoms with Crippen LogP contribution in [0.5, 0.6) is 0 Å². The Kier molecular flexibility index (Phi) is 12.3. The van der Waals surface area contributed by atoms with Gasteiger partial charge in [0.2, 0.25) is 0 Å². The summed E-state index contributed by atoms with van der Waals surface area (Å²) in [4.78, 5) is 0. The van der Waals surface area contributed by atoms with Crippen molar-refractivity contribution in [3.05, 3.63) is 62.9 Å². The van der Waals surface area contributed by atoms with Crippen molar-refractivity contribution in [3.63, 3.8) is 0 Å². The molecule has 45 heavy (non-hydrogen) atoms. The van der Waals surface area contributed by atoms with Crippen LogP contribution >= 0.6 is 28.8 Å². The molecule has 8 rings (SSSR count). The maximum absolute atomic E-state index is 4.93. The van der Waals surface area contributed by atoms with Crippen LogP contribution in [-0.4, -0.2) is 18.6 Å². The quantitative estimate of drug-likeness (QED) is 0.222. The molecule has 6 fully saturated rings. The molecule has 2 aromatic rings. The second-order valence-corrected chi connectivity index (χ2v) is 26.7. The summed E-state index contributed by atoms with van der Waals surface area (Å²) in [6, 6.07) is 16.7. The molecule has 0 bridgehead atoms. The van der Waals surface area contributed by atoms with Gasteiger partial charge in [-0.25, -0.2) is 0 Å². The second-order valence-electron chi connectivity index (χ2n) is 16.6. The van der Waals surface area contributed by atoms with Crippen molar-refractivity contribution in [2.75, 3.05) is 0 Å². The molecule has 5 heteroatoms. The van der Waals surface area contributed by atoms with Crippen LogP contribution in [0.1, 0.15) is 90.0 Å². The van der Waals surface area contributed by atoms with Crippen LogP contribution in [0.3, 0.4) is 0 Å². The number of hydrogen-bond donors (Lipinski definition) is 0. The number of rotatable bonds is 3. The molecular weight excluding hydrogens is 703 g/mol. The molecule has 2 aromatic carbocycles. The monoisotopic (exact) mass is 760 g/mol. The van der Waals surface area contributed by atoms with Crippen LogP contribution in [0.15, 0.2) is 42.5 Å². The molecule has 0 amide bonds. The average molecular weight is 763 g/mol. The number of fused-ring (bicyclic) bond motifs is 6. The van der Waals surface area contributed by atoms with E-state index >= 15 is 0 Å². The van der Waals surface area contributed by atoms with E-state index in [-0.39, 0.29) is 14.9 Å². The SMILES string of the molecule is CC1CC2C(CC3CCCC3C2c2cccc3ccccc23)C1[Si](C)(C)C1C(C)C(C)C2C3CCCCC3SC21.[CH3-].[CH3-].[Cl][Zr+2][Cl]. The fourth-order valence-corrected chi connectivity index (χ4v) is 23.4. The Morgan fingerprint density at radius 1 is 0.733 bits per heavy atom. The van der Waals surface area contributed by atoms with E-state index in [9.17, 15) is 0 Å². The molecule has 14 atom stereocenters. The zero-order chi connectivity index (χ0) is 30.0. The van der Waals surface area contributed by atoms with Gasteiger partial charge in [-0.15, -0.1) is 0 Å². The molecule has 248 valence electrons. The summed E-state index contributed by atoms with van der Waals surface area (Å²) in [7, 11) is 8.36. The molecule has 0 nitrogen and oxygen atoms in total. The van der Waals surface area contributed by atoms with E-state index in [1.54, 1.807) is 23.8 Å². The van der Waals surface area contributed by atoms with Gasteiger partial charge in [-0.2, -0.15) is 11.8 Å². The Bertz CT molecular complexity index is 1280. The first-order valence-corrected chi connectivity index (χ1v) is 28.3. The summed E-state index contributed by atoms with van der Waals surface area (Å²) < 4.78 is 0. The van der Waals surface area contributed by atoms with Gasteiger partial charge in [-0.3, -0.25) is 0 Å². The average Bonchev–Trinajstić information content (AvgIpc) is 3.74. The molecule has 0 spiro atoms. The van der Waals surface area contributed by atoms with Gasteiger partial charge in [0.1, 0.15) is 0 Å². The molecule has 1 saturated heterocycles. The van der Waals surface area contributed by atoms with Crippen molar-refractivity contribution in [3.8, 4) is 0 Å². The number of benzene rings is 2. The van der Waals surface area contributed by atoms with Crippen molar-refractivity contribution < 1.29 is 20.8 Å². The summed E-state index contributed by atoms with van der Waals surface area (Å²) in [6.07, 6.45) is 13.7. The van der Waals surface area contributed by atoms with Crippen LogP contribution in [-0.2, 0) is 20.8 Å². The Balaban J connectivity index is 0.000000772. The van der Waals surface area contributed by atoms with Gasteiger partial charge in [-0.1, -0.05) is 102 Å². The summed E-state index contributed by atoms with van der Waals surface area (Å²) >= 11 is 1.72. The van der Waals surface area contributed by atoms with Crippen LogP contribution in [0.4, 0.5) is 0 Å². The summed E-state index contributed by atoms with van der Waals surface area (Å²) in [5, 5.41) is 5.03. The van der Waals surface area contributed by atoms with Gasteiger partial charge < -0.3 is 14.9 Å². The van der Waals surface area contributed by atoms with Crippen molar-refractivity contribution in [1.29, 1.82) is 0 Å². The Morgan fingerprint density at radius 2 is 1.42 bits per heavy atom. The third-order valence-electron chi connectivity index (χ3n) is 14.7. The van der Waals surface area contributed by atoms with E-state index in [1.165, 1.54) is 50.3 Å². The van der Waals surface area contributed by atoms with Gasteiger partial charge in [0, 0.05) is 10.5 Å². The Labute approximate surface area is 301 Å². The summed E-state index contributed by atoms with van der Waals surface area (Å²) in [5.41, 5.74) is 3.79. The van der Waals surface area contributed by atoms with Crippen LogP contribution in [0.25, 0.3) is 10.8 Å². The Morgan fingerprint density at radius 3 is 2.20 bits per heavy atom. The van der Waals surface area contributed by atoms with Crippen LogP contribution < -0.4 is 0 Å². The molecule has 5 saturated carbocycles. The van der Waals surface area contributed by atoms with E-state index in [0.717, 1.165) is 80.8 Å².